The van der Waals surface area contributed by atoms with E-state index in [0.29, 0.717) is 24.8 Å². The normalized spacial score (nSPS) is 10.4. The molecule has 6 nitrogen and oxygen atoms in total. The second-order valence-electron chi connectivity index (χ2n) is 6.19. The number of hydrogen-bond donors (Lipinski definition) is 1. The molecule has 1 heterocycles. The zero-order valence-corrected chi connectivity index (χ0v) is 16.1. The van der Waals surface area contributed by atoms with Gasteiger partial charge in [-0.1, -0.05) is 47.6 Å². The fourth-order valence-corrected chi connectivity index (χ4v) is 2.75. The number of para-hydroxylation sites is 1. The first kappa shape index (κ1) is 20.4. The molecule has 0 spiro atoms. The van der Waals surface area contributed by atoms with Crippen LogP contribution in [-0.2, 0) is 13.1 Å². The van der Waals surface area contributed by atoms with Crippen molar-refractivity contribution in [3.05, 3.63) is 95.8 Å². The highest BCUT2D eigenvalue weighted by Crippen LogP contribution is 2.22. The Morgan fingerprint density at radius 3 is 2.41 bits per heavy atom. The fourth-order valence-electron chi connectivity index (χ4n) is 2.75. The van der Waals surface area contributed by atoms with E-state index in [1.807, 2.05) is 54.6 Å². The van der Waals surface area contributed by atoms with Gasteiger partial charge in [-0.05, 0) is 58.0 Å². The summed E-state index contributed by atoms with van der Waals surface area (Å²) in [6.45, 7) is 1.30. The molecule has 4 rings (SSSR count). The van der Waals surface area contributed by atoms with E-state index >= 15 is 0 Å². The van der Waals surface area contributed by atoms with Gasteiger partial charge in [-0.15, -0.1) is 0 Å². The molecular formula is C21H18ClFN5O-. The van der Waals surface area contributed by atoms with Crippen molar-refractivity contribution >= 4 is 0 Å². The first-order chi connectivity index (χ1) is 13.8. The number of rotatable bonds is 7. The van der Waals surface area contributed by atoms with Crippen LogP contribution in [0.15, 0.2) is 78.9 Å². The summed E-state index contributed by atoms with van der Waals surface area (Å²) < 4.78 is 20.4. The summed E-state index contributed by atoms with van der Waals surface area (Å²) in [4.78, 5) is 0. The number of aromatic nitrogens is 4. The van der Waals surface area contributed by atoms with E-state index in [-0.39, 0.29) is 18.2 Å². The molecule has 0 fully saturated rings. The summed E-state index contributed by atoms with van der Waals surface area (Å²) in [5, 5.41) is 15.0. The first-order valence-electron chi connectivity index (χ1n) is 8.84. The van der Waals surface area contributed by atoms with E-state index in [4.69, 9.17) is 4.74 Å². The maximum absolute atomic E-state index is 13.0. The molecule has 0 amide bonds. The lowest BCUT2D eigenvalue weighted by molar-refractivity contribution is -0.00000704. The lowest BCUT2D eigenvalue weighted by Crippen LogP contribution is -3.00. The molecular weight excluding hydrogens is 393 g/mol. The van der Waals surface area contributed by atoms with Gasteiger partial charge in [0.25, 0.3) is 0 Å². The second kappa shape index (κ2) is 9.77. The van der Waals surface area contributed by atoms with E-state index in [1.165, 1.54) is 12.1 Å². The molecule has 1 aromatic heterocycles. The number of halogens is 2. The van der Waals surface area contributed by atoms with Crippen molar-refractivity contribution in [2.24, 2.45) is 0 Å². The van der Waals surface area contributed by atoms with Gasteiger partial charge in [0, 0.05) is 13.1 Å². The van der Waals surface area contributed by atoms with E-state index < -0.39 is 0 Å². The molecule has 0 aliphatic carbocycles. The van der Waals surface area contributed by atoms with E-state index in [0.717, 1.165) is 16.8 Å². The molecule has 0 saturated carbocycles. The maximum Gasteiger partial charge on any atom is 0.345 e. The second-order valence-corrected chi connectivity index (χ2v) is 6.19. The van der Waals surface area contributed by atoms with Gasteiger partial charge in [0.15, 0.2) is 0 Å². The van der Waals surface area contributed by atoms with Gasteiger partial charge in [-0.25, -0.2) is 4.39 Å². The molecule has 0 unspecified atom stereocenters. The molecule has 1 N–H and O–H groups in total. The molecule has 8 heteroatoms. The van der Waals surface area contributed by atoms with Crippen molar-refractivity contribution in [2.45, 2.75) is 13.1 Å². The van der Waals surface area contributed by atoms with Gasteiger partial charge >= 0.3 is 6.01 Å². The highest BCUT2D eigenvalue weighted by molar-refractivity contribution is 5.34. The van der Waals surface area contributed by atoms with Gasteiger partial charge in [0.05, 0.1) is 5.69 Å². The van der Waals surface area contributed by atoms with Crippen LogP contribution in [0.2, 0.25) is 0 Å². The summed E-state index contributed by atoms with van der Waals surface area (Å²) >= 11 is 0. The average Bonchev–Trinajstić information content (AvgIpc) is 3.19. The third-order valence-electron chi connectivity index (χ3n) is 4.12. The minimum absolute atomic E-state index is 0. The zero-order chi connectivity index (χ0) is 19.2. The Morgan fingerprint density at radius 1 is 0.862 bits per heavy atom. The number of hydrogen-bond acceptors (Lipinski definition) is 5. The minimum Gasteiger partial charge on any atom is -1.00 e. The lowest BCUT2D eigenvalue weighted by atomic mass is 10.2. The number of benzene rings is 3. The van der Waals surface area contributed by atoms with Crippen molar-refractivity contribution in [3.8, 4) is 17.4 Å². The van der Waals surface area contributed by atoms with Crippen molar-refractivity contribution in [1.82, 2.24) is 25.5 Å². The first-order valence-corrected chi connectivity index (χ1v) is 8.84. The van der Waals surface area contributed by atoms with Crippen molar-refractivity contribution in [3.63, 3.8) is 0 Å². The fraction of sp³-hybridized carbons (Fsp3) is 0.0952. The standard InChI is InChI=1S/C21H18FN5O.ClH/c22-18-11-9-16(10-12-18)14-23-15-17-5-4-8-20(13-17)28-21-24-25-26-27(21)19-6-2-1-3-7-19;/h1-13,23H,14-15H2;1H/p-1. The molecule has 0 atom stereocenters. The number of ether oxygens (including phenoxy) is 1. The molecule has 3 aromatic carbocycles. The Morgan fingerprint density at radius 2 is 1.62 bits per heavy atom. The van der Waals surface area contributed by atoms with E-state index in [1.54, 1.807) is 16.8 Å². The number of tetrazole rings is 1. The van der Waals surface area contributed by atoms with Gasteiger partial charge in [0.2, 0.25) is 0 Å². The van der Waals surface area contributed by atoms with Crippen molar-refractivity contribution in [2.75, 3.05) is 0 Å². The molecule has 0 radical (unpaired) electrons. The number of nitrogens with one attached hydrogen (secondary N) is 1. The molecule has 0 aliphatic heterocycles. The Labute approximate surface area is 173 Å². The molecule has 29 heavy (non-hydrogen) atoms. The summed E-state index contributed by atoms with van der Waals surface area (Å²) in [6, 6.07) is 24.0. The summed E-state index contributed by atoms with van der Waals surface area (Å²) in [5.74, 6) is 0.416. The smallest absolute Gasteiger partial charge is 0.345 e. The number of nitrogens with zero attached hydrogens (tertiary/aromatic N) is 4. The molecule has 148 valence electrons. The quantitative estimate of drug-likeness (QED) is 0.490. The molecule has 0 bridgehead atoms. The van der Waals surface area contributed by atoms with Crippen LogP contribution in [0.25, 0.3) is 5.69 Å². The van der Waals surface area contributed by atoms with Crippen LogP contribution in [0.5, 0.6) is 11.8 Å². The van der Waals surface area contributed by atoms with Crippen molar-refractivity contribution < 1.29 is 21.5 Å². The topological polar surface area (TPSA) is 64.9 Å². The summed E-state index contributed by atoms with van der Waals surface area (Å²) in [6.07, 6.45) is 0. The predicted octanol–water partition coefficient (Wildman–Crippen LogP) is 0.887. The average molecular weight is 411 g/mol. The van der Waals surface area contributed by atoms with E-state index in [2.05, 4.69) is 20.8 Å². The minimum atomic E-state index is -0.230. The Kier molecular flexibility index (Phi) is 6.89. The Hall–Kier alpha value is -3.29. The Balaban J connectivity index is 0.00000240. The predicted molar refractivity (Wildman–Crippen MR) is 103 cm³/mol. The highest BCUT2D eigenvalue weighted by Gasteiger charge is 2.10. The Bertz CT molecular complexity index is 1040. The van der Waals surface area contributed by atoms with Crippen molar-refractivity contribution in [1.29, 1.82) is 0 Å². The summed E-state index contributed by atoms with van der Waals surface area (Å²) in [7, 11) is 0. The molecule has 0 aliphatic rings. The molecule has 4 aromatic rings. The van der Waals surface area contributed by atoms with Crippen LogP contribution < -0.4 is 22.5 Å². The van der Waals surface area contributed by atoms with Gasteiger partial charge in [-0.3, -0.25) is 0 Å². The van der Waals surface area contributed by atoms with Gasteiger partial charge < -0.3 is 22.5 Å². The van der Waals surface area contributed by atoms with Crippen LogP contribution in [0.3, 0.4) is 0 Å². The largest absolute Gasteiger partial charge is 1.00 e. The third kappa shape index (κ3) is 5.37. The zero-order valence-electron chi connectivity index (χ0n) is 15.4. The van der Waals surface area contributed by atoms with Crippen LogP contribution in [0, 0.1) is 5.82 Å². The maximum atomic E-state index is 13.0. The monoisotopic (exact) mass is 410 g/mol. The van der Waals surface area contributed by atoms with Gasteiger partial charge in [-0.2, -0.15) is 4.68 Å². The van der Waals surface area contributed by atoms with Crippen LogP contribution >= 0.6 is 0 Å². The van der Waals surface area contributed by atoms with Crippen LogP contribution in [0.1, 0.15) is 11.1 Å². The van der Waals surface area contributed by atoms with Crippen LogP contribution in [0.4, 0.5) is 4.39 Å². The highest BCUT2D eigenvalue weighted by atomic mass is 35.5. The molecule has 0 saturated heterocycles. The third-order valence-corrected chi connectivity index (χ3v) is 4.12. The summed E-state index contributed by atoms with van der Waals surface area (Å²) in [5.41, 5.74) is 2.90. The lowest BCUT2D eigenvalue weighted by Gasteiger charge is -2.09. The van der Waals surface area contributed by atoms with E-state index in [9.17, 15) is 4.39 Å². The van der Waals surface area contributed by atoms with Gasteiger partial charge in [0.1, 0.15) is 11.6 Å². The SMILES string of the molecule is Fc1ccc(CNCc2cccc(Oc3nnnn3-c3ccccc3)c2)cc1.[Cl-]. The van der Waals surface area contributed by atoms with Crippen LogP contribution in [-0.4, -0.2) is 20.2 Å².